The Morgan fingerprint density at radius 2 is 2.35 bits per heavy atom. The third-order valence-corrected chi connectivity index (χ3v) is 4.02. The van der Waals surface area contributed by atoms with Crippen LogP contribution >= 0.6 is 15.9 Å². The number of likely N-dealkylation sites (tertiary alicyclic amines) is 1. The molecule has 1 atom stereocenters. The molecule has 92 valence electrons. The first-order valence-corrected chi connectivity index (χ1v) is 6.89. The lowest BCUT2D eigenvalue weighted by Gasteiger charge is -2.16. The molecule has 0 bridgehead atoms. The monoisotopic (exact) mass is 299 g/mol. The lowest BCUT2D eigenvalue weighted by atomic mass is 10.1. The fraction of sp³-hybridized carbons (Fsp3) is 0.462. The van der Waals surface area contributed by atoms with Crippen LogP contribution in [0.5, 0.6) is 0 Å². The Bertz CT molecular complexity index is 410. The van der Waals surface area contributed by atoms with Crippen LogP contribution in [0.15, 0.2) is 24.3 Å². The van der Waals surface area contributed by atoms with Crippen LogP contribution in [0, 0.1) is 11.7 Å². The number of rotatable bonds is 3. The van der Waals surface area contributed by atoms with Gasteiger partial charge in [0.05, 0.1) is 6.42 Å². The predicted molar refractivity (Wildman–Crippen MR) is 68.6 cm³/mol. The highest BCUT2D eigenvalue weighted by molar-refractivity contribution is 9.09. The highest BCUT2D eigenvalue weighted by Gasteiger charge is 2.25. The van der Waals surface area contributed by atoms with E-state index in [0.717, 1.165) is 30.4 Å². The zero-order valence-corrected chi connectivity index (χ0v) is 11.1. The number of carbonyl (C=O) groups excluding carboxylic acids is 1. The summed E-state index contributed by atoms with van der Waals surface area (Å²) >= 11 is 3.44. The summed E-state index contributed by atoms with van der Waals surface area (Å²) in [5.41, 5.74) is 0.747. The van der Waals surface area contributed by atoms with Crippen molar-refractivity contribution in [3.05, 3.63) is 35.6 Å². The zero-order valence-electron chi connectivity index (χ0n) is 9.53. The Balaban J connectivity index is 1.93. The number of carbonyl (C=O) groups is 1. The van der Waals surface area contributed by atoms with Crippen molar-refractivity contribution < 1.29 is 9.18 Å². The summed E-state index contributed by atoms with van der Waals surface area (Å²) in [5, 5.41) is 0.941. The SMILES string of the molecule is O=C(Cc1cccc(F)c1)N1CCC(CBr)C1. The third kappa shape index (κ3) is 3.28. The van der Waals surface area contributed by atoms with Gasteiger partial charge in [0.1, 0.15) is 5.82 Å². The maximum absolute atomic E-state index is 13.0. The van der Waals surface area contributed by atoms with E-state index in [9.17, 15) is 9.18 Å². The lowest BCUT2D eigenvalue weighted by molar-refractivity contribution is -0.129. The first-order valence-electron chi connectivity index (χ1n) is 5.77. The number of nitrogens with zero attached hydrogens (tertiary/aromatic N) is 1. The molecule has 1 fully saturated rings. The van der Waals surface area contributed by atoms with E-state index in [1.165, 1.54) is 12.1 Å². The maximum Gasteiger partial charge on any atom is 0.227 e. The molecule has 1 aliphatic rings. The van der Waals surface area contributed by atoms with Gasteiger partial charge in [0.2, 0.25) is 5.91 Å². The van der Waals surface area contributed by atoms with Gasteiger partial charge in [-0.05, 0) is 30.0 Å². The van der Waals surface area contributed by atoms with E-state index in [-0.39, 0.29) is 11.7 Å². The minimum atomic E-state index is -0.282. The summed E-state index contributed by atoms with van der Waals surface area (Å²) in [6.45, 7) is 1.64. The average molecular weight is 300 g/mol. The van der Waals surface area contributed by atoms with Gasteiger partial charge in [-0.2, -0.15) is 0 Å². The minimum Gasteiger partial charge on any atom is -0.342 e. The van der Waals surface area contributed by atoms with Gasteiger partial charge in [-0.25, -0.2) is 4.39 Å². The molecule has 2 rings (SSSR count). The molecule has 17 heavy (non-hydrogen) atoms. The van der Waals surface area contributed by atoms with E-state index >= 15 is 0 Å². The summed E-state index contributed by atoms with van der Waals surface area (Å²) < 4.78 is 13.0. The summed E-state index contributed by atoms with van der Waals surface area (Å²) in [5.74, 6) is 0.376. The zero-order chi connectivity index (χ0) is 12.3. The molecule has 0 aromatic heterocycles. The second-order valence-electron chi connectivity index (χ2n) is 4.46. The van der Waals surface area contributed by atoms with Crippen LogP contribution in [0.3, 0.4) is 0 Å². The smallest absolute Gasteiger partial charge is 0.227 e. The molecule has 0 N–H and O–H groups in total. The Labute approximate surface area is 109 Å². The van der Waals surface area contributed by atoms with Crippen molar-refractivity contribution in [1.29, 1.82) is 0 Å². The van der Waals surface area contributed by atoms with E-state index in [1.54, 1.807) is 12.1 Å². The maximum atomic E-state index is 13.0. The highest BCUT2D eigenvalue weighted by atomic mass is 79.9. The third-order valence-electron chi connectivity index (χ3n) is 3.10. The number of alkyl halides is 1. The number of benzene rings is 1. The summed E-state index contributed by atoms with van der Waals surface area (Å²) in [7, 11) is 0. The van der Waals surface area contributed by atoms with Crippen molar-refractivity contribution in [3.63, 3.8) is 0 Å². The van der Waals surface area contributed by atoms with Crippen molar-refractivity contribution in [2.24, 2.45) is 5.92 Å². The van der Waals surface area contributed by atoms with Crippen molar-refractivity contribution in [2.45, 2.75) is 12.8 Å². The Morgan fingerprint density at radius 3 is 3.00 bits per heavy atom. The quantitative estimate of drug-likeness (QED) is 0.786. The normalized spacial score (nSPS) is 19.6. The van der Waals surface area contributed by atoms with Gasteiger partial charge in [-0.1, -0.05) is 28.1 Å². The fourth-order valence-electron chi connectivity index (χ4n) is 2.12. The first kappa shape index (κ1) is 12.6. The molecule has 0 saturated carbocycles. The van der Waals surface area contributed by atoms with Crippen molar-refractivity contribution in [2.75, 3.05) is 18.4 Å². The summed E-state index contributed by atoms with van der Waals surface area (Å²) in [6, 6.07) is 6.25. The molecule has 2 nitrogen and oxygen atoms in total. The molecule has 0 radical (unpaired) electrons. The van der Waals surface area contributed by atoms with Crippen molar-refractivity contribution in [1.82, 2.24) is 4.90 Å². The fourth-order valence-corrected chi connectivity index (χ4v) is 2.65. The van der Waals surface area contributed by atoms with Crippen LogP contribution < -0.4 is 0 Å². The van der Waals surface area contributed by atoms with E-state index in [1.807, 2.05) is 4.90 Å². The second-order valence-corrected chi connectivity index (χ2v) is 5.10. The molecule has 1 aliphatic heterocycles. The molecule has 1 unspecified atom stereocenters. The van der Waals surface area contributed by atoms with Gasteiger partial charge in [0.15, 0.2) is 0 Å². The molecule has 1 amide bonds. The molecule has 1 aromatic carbocycles. The van der Waals surface area contributed by atoms with Crippen LogP contribution in [0.25, 0.3) is 0 Å². The largest absolute Gasteiger partial charge is 0.342 e. The second kappa shape index (κ2) is 5.63. The number of hydrogen-bond donors (Lipinski definition) is 0. The topological polar surface area (TPSA) is 20.3 Å². The van der Waals surface area contributed by atoms with Crippen LogP contribution in [0.4, 0.5) is 4.39 Å². The average Bonchev–Trinajstić information content (AvgIpc) is 2.77. The Morgan fingerprint density at radius 1 is 1.53 bits per heavy atom. The van der Waals surface area contributed by atoms with Crippen molar-refractivity contribution >= 4 is 21.8 Å². The number of amides is 1. The molecule has 4 heteroatoms. The number of halogens is 2. The highest BCUT2D eigenvalue weighted by Crippen LogP contribution is 2.19. The van der Waals surface area contributed by atoms with Crippen LogP contribution in [0.2, 0.25) is 0 Å². The van der Waals surface area contributed by atoms with Gasteiger partial charge in [-0.3, -0.25) is 4.79 Å². The Kier molecular flexibility index (Phi) is 4.15. The summed E-state index contributed by atoms with van der Waals surface area (Å²) in [6.07, 6.45) is 1.35. The minimum absolute atomic E-state index is 0.0963. The first-order chi connectivity index (χ1) is 8.19. The lowest BCUT2D eigenvalue weighted by Crippen LogP contribution is -2.30. The van der Waals surface area contributed by atoms with Gasteiger partial charge >= 0.3 is 0 Å². The molecule has 0 aliphatic carbocycles. The summed E-state index contributed by atoms with van der Waals surface area (Å²) in [4.78, 5) is 13.8. The van der Waals surface area contributed by atoms with Gasteiger partial charge in [0.25, 0.3) is 0 Å². The van der Waals surface area contributed by atoms with Gasteiger partial charge in [-0.15, -0.1) is 0 Å². The van der Waals surface area contributed by atoms with Gasteiger partial charge in [0, 0.05) is 18.4 Å². The predicted octanol–water partition coefficient (Wildman–Crippen LogP) is 2.61. The van der Waals surface area contributed by atoms with Crippen LogP contribution in [0.1, 0.15) is 12.0 Å². The van der Waals surface area contributed by atoms with Crippen LogP contribution in [-0.4, -0.2) is 29.2 Å². The molecule has 0 spiro atoms. The van der Waals surface area contributed by atoms with E-state index in [0.29, 0.717) is 12.3 Å². The molecule has 1 heterocycles. The van der Waals surface area contributed by atoms with E-state index in [4.69, 9.17) is 0 Å². The molecular weight excluding hydrogens is 285 g/mol. The van der Waals surface area contributed by atoms with E-state index < -0.39 is 0 Å². The molecular formula is C13H15BrFNO. The van der Waals surface area contributed by atoms with Crippen LogP contribution in [-0.2, 0) is 11.2 Å². The molecule has 1 aromatic rings. The standard InChI is InChI=1S/C13H15BrFNO/c14-8-11-4-5-16(9-11)13(17)7-10-2-1-3-12(15)6-10/h1-3,6,11H,4-5,7-9H2. The van der Waals surface area contributed by atoms with E-state index in [2.05, 4.69) is 15.9 Å². The number of hydrogen-bond acceptors (Lipinski definition) is 1. The van der Waals surface area contributed by atoms with Crippen molar-refractivity contribution in [3.8, 4) is 0 Å². The Hall–Kier alpha value is -0.900. The molecule has 1 saturated heterocycles. The van der Waals surface area contributed by atoms with Gasteiger partial charge < -0.3 is 4.90 Å².